The molecule has 0 bridgehead atoms. The number of rotatable bonds is 0. The van der Waals surface area contributed by atoms with Crippen molar-refractivity contribution in [3.63, 3.8) is 0 Å². The summed E-state index contributed by atoms with van der Waals surface area (Å²) in [4.78, 5) is 19.4. The molecule has 0 atom stereocenters. The minimum atomic E-state index is -0.342. The molecule has 0 fully saturated rings. The van der Waals surface area contributed by atoms with E-state index in [1.807, 2.05) is 20.8 Å². The summed E-state index contributed by atoms with van der Waals surface area (Å²) in [6.07, 6.45) is 2.79. The van der Waals surface area contributed by atoms with E-state index in [-0.39, 0.29) is 11.2 Å². The standard InChI is InChI=1S/C8H11N5O/c1-8(2,3)13-7(14)12-5-9-4-10-6(12)11-13/h4-5H,1-3H3. The highest BCUT2D eigenvalue weighted by Gasteiger charge is 2.19. The Morgan fingerprint density at radius 1 is 1.36 bits per heavy atom. The zero-order chi connectivity index (χ0) is 10.3. The first-order valence-corrected chi connectivity index (χ1v) is 4.28. The monoisotopic (exact) mass is 193 g/mol. The third-order valence-corrected chi connectivity index (χ3v) is 1.85. The van der Waals surface area contributed by atoms with Crippen LogP contribution < -0.4 is 5.69 Å². The Morgan fingerprint density at radius 2 is 2.07 bits per heavy atom. The van der Waals surface area contributed by atoms with Crippen molar-refractivity contribution in [3.8, 4) is 0 Å². The van der Waals surface area contributed by atoms with Gasteiger partial charge in [0.25, 0.3) is 5.78 Å². The minimum absolute atomic E-state index is 0.215. The number of fused-ring (bicyclic) bond motifs is 1. The van der Waals surface area contributed by atoms with E-state index >= 15 is 0 Å². The van der Waals surface area contributed by atoms with Crippen LogP contribution in [0.3, 0.4) is 0 Å². The lowest BCUT2D eigenvalue weighted by Crippen LogP contribution is -2.34. The van der Waals surface area contributed by atoms with Gasteiger partial charge in [-0.3, -0.25) is 0 Å². The van der Waals surface area contributed by atoms with Crippen molar-refractivity contribution in [2.45, 2.75) is 26.3 Å². The van der Waals surface area contributed by atoms with Gasteiger partial charge in [-0.15, -0.1) is 5.10 Å². The Kier molecular flexibility index (Phi) is 1.67. The van der Waals surface area contributed by atoms with Crippen LogP contribution in [0.15, 0.2) is 17.4 Å². The number of nitrogens with zero attached hydrogens (tertiary/aromatic N) is 5. The first-order chi connectivity index (χ1) is 6.50. The second-order valence-electron chi connectivity index (χ2n) is 4.04. The summed E-state index contributed by atoms with van der Waals surface area (Å²) in [6, 6.07) is 0. The fraction of sp³-hybridized carbons (Fsp3) is 0.500. The number of aromatic nitrogens is 5. The van der Waals surface area contributed by atoms with Crippen LogP contribution in [0.2, 0.25) is 0 Å². The van der Waals surface area contributed by atoms with Crippen molar-refractivity contribution in [1.29, 1.82) is 0 Å². The molecule has 74 valence electrons. The average Bonchev–Trinajstić information content (AvgIpc) is 2.44. The maximum atomic E-state index is 11.8. The molecule has 6 heteroatoms. The molecule has 0 aliphatic heterocycles. The summed E-state index contributed by atoms with van der Waals surface area (Å²) in [5, 5.41) is 4.10. The van der Waals surface area contributed by atoms with Gasteiger partial charge >= 0.3 is 5.69 Å². The largest absolute Gasteiger partial charge is 0.353 e. The Bertz CT molecular complexity index is 518. The van der Waals surface area contributed by atoms with Crippen molar-refractivity contribution in [3.05, 3.63) is 23.1 Å². The lowest BCUT2D eigenvalue weighted by Gasteiger charge is -2.16. The van der Waals surface area contributed by atoms with Gasteiger partial charge in [0, 0.05) is 0 Å². The SMILES string of the molecule is CC(C)(C)n1nc2ncncn2c1=O. The van der Waals surface area contributed by atoms with Crippen molar-refractivity contribution >= 4 is 5.78 Å². The number of hydrogen-bond acceptors (Lipinski definition) is 4. The van der Waals surface area contributed by atoms with Gasteiger partial charge in [0.2, 0.25) is 0 Å². The topological polar surface area (TPSA) is 65.1 Å². The van der Waals surface area contributed by atoms with Crippen LogP contribution in [0, 0.1) is 0 Å². The van der Waals surface area contributed by atoms with Gasteiger partial charge in [-0.25, -0.2) is 18.9 Å². The van der Waals surface area contributed by atoms with Gasteiger partial charge < -0.3 is 0 Å². The highest BCUT2D eigenvalue weighted by Crippen LogP contribution is 2.08. The highest BCUT2D eigenvalue weighted by molar-refractivity contribution is 5.22. The first kappa shape index (κ1) is 8.86. The highest BCUT2D eigenvalue weighted by atomic mass is 16.2. The van der Waals surface area contributed by atoms with Gasteiger partial charge in [-0.05, 0) is 20.8 Å². The molecule has 2 heterocycles. The van der Waals surface area contributed by atoms with Crippen LogP contribution in [0.5, 0.6) is 0 Å². The maximum absolute atomic E-state index is 11.8. The van der Waals surface area contributed by atoms with E-state index in [4.69, 9.17) is 0 Å². The average molecular weight is 193 g/mol. The molecule has 6 nitrogen and oxygen atoms in total. The quantitative estimate of drug-likeness (QED) is 0.592. The van der Waals surface area contributed by atoms with Crippen LogP contribution in [0.25, 0.3) is 5.78 Å². The molecule has 0 aromatic carbocycles. The lowest BCUT2D eigenvalue weighted by molar-refractivity contribution is 0.344. The number of hydrogen-bond donors (Lipinski definition) is 0. The molecule has 2 aromatic rings. The van der Waals surface area contributed by atoms with Crippen molar-refractivity contribution < 1.29 is 0 Å². The summed E-state index contributed by atoms with van der Waals surface area (Å²) < 4.78 is 2.72. The summed E-state index contributed by atoms with van der Waals surface area (Å²) in [5.74, 6) is 0.375. The summed E-state index contributed by atoms with van der Waals surface area (Å²) in [7, 11) is 0. The van der Waals surface area contributed by atoms with E-state index in [2.05, 4.69) is 15.1 Å². The summed E-state index contributed by atoms with van der Waals surface area (Å²) >= 11 is 0. The Hall–Kier alpha value is -1.72. The van der Waals surface area contributed by atoms with Gasteiger partial charge in [0.05, 0.1) is 5.54 Å². The summed E-state index contributed by atoms with van der Waals surface area (Å²) in [5.41, 5.74) is -0.557. The van der Waals surface area contributed by atoms with E-state index in [1.165, 1.54) is 21.7 Å². The molecule has 14 heavy (non-hydrogen) atoms. The fourth-order valence-electron chi connectivity index (χ4n) is 1.18. The van der Waals surface area contributed by atoms with Gasteiger partial charge in [-0.1, -0.05) is 0 Å². The Labute approximate surface area is 80.2 Å². The molecule has 0 saturated heterocycles. The van der Waals surface area contributed by atoms with E-state index in [1.54, 1.807) is 0 Å². The minimum Gasteiger partial charge on any atom is -0.245 e. The van der Waals surface area contributed by atoms with Crippen LogP contribution in [-0.2, 0) is 5.54 Å². The zero-order valence-corrected chi connectivity index (χ0v) is 8.30. The van der Waals surface area contributed by atoms with Crippen LogP contribution in [0.4, 0.5) is 0 Å². The van der Waals surface area contributed by atoms with Crippen LogP contribution in [0.1, 0.15) is 20.8 Å². The molecule has 2 rings (SSSR count). The molecule has 0 unspecified atom stereocenters. The first-order valence-electron chi connectivity index (χ1n) is 4.28. The lowest BCUT2D eigenvalue weighted by atomic mass is 10.1. The third-order valence-electron chi connectivity index (χ3n) is 1.85. The normalized spacial score (nSPS) is 12.2. The predicted molar refractivity (Wildman–Crippen MR) is 50.0 cm³/mol. The Morgan fingerprint density at radius 3 is 2.64 bits per heavy atom. The van der Waals surface area contributed by atoms with Gasteiger partial charge in [-0.2, -0.15) is 4.98 Å². The third kappa shape index (κ3) is 1.19. The van der Waals surface area contributed by atoms with Gasteiger partial charge in [0.15, 0.2) is 0 Å². The van der Waals surface area contributed by atoms with Crippen LogP contribution in [-0.4, -0.2) is 24.1 Å². The molecular weight excluding hydrogens is 182 g/mol. The Balaban J connectivity index is 2.82. The van der Waals surface area contributed by atoms with E-state index in [0.29, 0.717) is 5.78 Å². The van der Waals surface area contributed by atoms with Crippen molar-refractivity contribution in [2.75, 3.05) is 0 Å². The molecule has 0 aliphatic rings. The molecule has 2 aromatic heterocycles. The molecule has 0 radical (unpaired) electrons. The second-order valence-corrected chi connectivity index (χ2v) is 4.04. The van der Waals surface area contributed by atoms with Gasteiger partial charge in [0.1, 0.15) is 12.7 Å². The fourth-order valence-corrected chi connectivity index (χ4v) is 1.18. The van der Waals surface area contributed by atoms with Crippen molar-refractivity contribution in [1.82, 2.24) is 24.1 Å². The predicted octanol–water partition coefficient (Wildman–Crippen LogP) is 0.0410. The summed E-state index contributed by atoms with van der Waals surface area (Å²) in [6.45, 7) is 5.73. The second kappa shape index (κ2) is 2.63. The van der Waals surface area contributed by atoms with E-state index in [9.17, 15) is 4.79 Å². The smallest absolute Gasteiger partial charge is 0.245 e. The molecule has 0 saturated carbocycles. The molecule has 0 N–H and O–H groups in total. The maximum Gasteiger partial charge on any atom is 0.353 e. The molecule has 0 spiro atoms. The van der Waals surface area contributed by atoms with E-state index in [0.717, 1.165) is 0 Å². The molecule has 0 amide bonds. The van der Waals surface area contributed by atoms with Crippen LogP contribution >= 0.6 is 0 Å². The zero-order valence-electron chi connectivity index (χ0n) is 8.30. The van der Waals surface area contributed by atoms with E-state index < -0.39 is 0 Å². The van der Waals surface area contributed by atoms with Crippen molar-refractivity contribution in [2.24, 2.45) is 0 Å². The molecule has 0 aliphatic carbocycles. The molecular formula is C8H11N5O.